The van der Waals surface area contributed by atoms with Crippen molar-refractivity contribution in [2.24, 2.45) is 0 Å². The maximum absolute atomic E-state index is 11.5. The minimum atomic E-state index is -0.488. The monoisotopic (exact) mass is 284 g/mol. The molecule has 0 radical (unpaired) electrons. The number of esters is 1. The number of ether oxygens (including phenoxy) is 1. The van der Waals surface area contributed by atoms with Crippen LogP contribution in [0.25, 0.3) is 0 Å². The Morgan fingerprint density at radius 2 is 2.39 bits per heavy atom. The zero-order valence-corrected chi connectivity index (χ0v) is 11.5. The van der Waals surface area contributed by atoms with Gasteiger partial charge >= 0.3 is 5.97 Å². The van der Waals surface area contributed by atoms with Gasteiger partial charge in [-0.2, -0.15) is 4.37 Å². The van der Waals surface area contributed by atoms with Gasteiger partial charge in [0, 0.05) is 5.38 Å². The summed E-state index contributed by atoms with van der Waals surface area (Å²) >= 11 is 2.71. The third-order valence-corrected chi connectivity index (χ3v) is 3.85. The number of anilines is 2. The Hall–Kier alpha value is -1.67. The van der Waals surface area contributed by atoms with Crippen molar-refractivity contribution in [1.29, 1.82) is 0 Å². The third-order valence-electron chi connectivity index (χ3n) is 2.20. The molecular weight excluding hydrogens is 272 g/mol. The number of nitrogens with zero attached hydrogens (tertiary/aromatic N) is 2. The fraction of sp³-hybridized carbons (Fsp3) is 0.300. The van der Waals surface area contributed by atoms with Crippen molar-refractivity contribution in [3.63, 3.8) is 0 Å². The van der Waals surface area contributed by atoms with E-state index in [9.17, 15) is 4.79 Å². The predicted molar refractivity (Wildman–Crippen MR) is 72.0 cm³/mol. The Bertz CT molecular complexity index is 564. The lowest BCUT2D eigenvalue weighted by molar-refractivity contribution is 0.0603. The normalized spacial score (nSPS) is 10.3. The molecule has 0 aliphatic carbocycles. The molecule has 96 valence electrons. The summed E-state index contributed by atoms with van der Waals surface area (Å²) < 4.78 is 8.61. The molecule has 0 atom stereocenters. The van der Waals surface area contributed by atoms with Crippen LogP contribution in [0, 0.1) is 6.92 Å². The number of aromatic nitrogens is 2. The molecule has 0 saturated heterocycles. The molecule has 18 heavy (non-hydrogen) atoms. The number of aryl methyl sites for hydroxylation is 1. The van der Waals surface area contributed by atoms with Crippen molar-refractivity contribution in [3.8, 4) is 0 Å². The van der Waals surface area contributed by atoms with E-state index in [0.717, 1.165) is 22.2 Å². The van der Waals surface area contributed by atoms with Gasteiger partial charge < -0.3 is 15.8 Å². The number of carbonyl (C=O) groups is 1. The van der Waals surface area contributed by atoms with Gasteiger partial charge in [-0.05, 0) is 18.5 Å². The fourth-order valence-electron chi connectivity index (χ4n) is 1.38. The molecule has 0 fully saturated rings. The average Bonchev–Trinajstić information content (AvgIpc) is 2.92. The highest BCUT2D eigenvalue weighted by atomic mass is 32.1. The van der Waals surface area contributed by atoms with Crippen molar-refractivity contribution < 1.29 is 9.53 Å². The van der Waals surface area contributed by atoms with Gasteiger partial charge in [0.15, 0.2) is 5.82 Å². The van der Waals surface area contributed by atoms with Crippen LogP contribution in [0.1, 0.15) is 21.1 Å². The van der Waals surface area contributed by atoms with Gasteiger partial charge in [0.1, 0.15) is 10.6 Å². The lowest BCUT2D eigenvalue weighted by Crippen LogP contribution is -2.08. The molecule has 2 aromatic heterocycles. The first-order valence-corrected chi connectivity index (χ1v) is 6.75. The van der Waals surface area contributed by atoms with Crippen molar-refractivity contribution in [2.75, 3.05) is 18.2 Å². The molecule has 0 saturated carbocycles. The van der Waals surface area contributed by atoms with Crippen molar-refractivity contribution in [1.82, 2.24) is 9.36 Å². The summed E-state index contributed by atoms with van der Waals surface area (Å²) in [7, 11) is 1.31. The summed E-state index contributed by atoms with van der Waals surface area (Å²) in [5.41, 5.74) is 6.84. The summed E-state index contributed by atoms with van der Waals surface area (Å²) in [6, 6.07) is 0. The topological polar surface area (TPSA) is 90.1 Å². The van der Waals surface area contributed by atoms with Crippen LogP contribution in [0.3, 0.4) is 0 Å². The number of nitrogens with one attached hydrogen (secondary N) is 1. The standard InChI is InChI=1S/C10H12N4O2S2/c1-5-13-6(4-17-5)3-12-9-7(10(15)16-2)8(11)14-18-9/h4,12H,3H2,1-2H3,(H2,11,14). The highest BCUT2D eigenvalue weighted by molar-refractivity contribution is 7.11. The Kier molecular flexibility index (Phi) is 3.78. The van der Waals surface area contributed by atoms with E-state index in [1.165, 1.54) is 7.11 Å². The van der Waals surface area contributed by atoms with Crippen LogP contribution in [-0.4, -0.2) is 22.4 Å². The molecule has 0 aliphatic rings. The number of methoxy groups -OCH3 is 1. The van der Waals surface area contributed by atoms with E-state index in [2.05, 4.69) is 19.4 Å². The predicted octanol–water partition coefficient (Wildman–Crippen LogP) is 1.89. The third kappa shape index (κ3) is 2.59. The van der Waals surface area contributed by atoms with E-state index < -0.39 is 5.97 Å². The number of thiazole rings is 1. The quantitative estimate of drug-likeness (QED) is 0.833. The van der Waals surface area contributed by atoms with Gasteiger partial charge in [-0.15, -0.1) is 11.3 Å². The summed E-state index contributed by atoms with van der Waals surface area (Å²) in [5.74, 6) is -0.304. The maximum atomic E-state index is 11.5. The van der Waals surface area contributed by atoms with Crippen LogP contribution in [0.2, 0.25) is 0 Å². The number of hydrogen-bond acceptors (Lipinski definition) is 8. The first-order valence-electron chi connectivity index (χ1n) is 5.10. The SMILES string of the molecule is COC(=O)c1c(N)nsc1NCc1csc(C)n1. The molecule has 2 rings (SSSR count). The highest BCUT2D eigenvalue weighted by Crippen LogP contribution is 2.27. The molecule has 2 aromatic rings. The van der Waals surface area contributed by atoms with Gasteiger partial charge in [0.2, 0.25) is 0 Å². The number of hydrogen-bond donors (Lipinski definition) is 2. The zero-order chi connectivity index (χ0) is 13.1. The van der Waals surface area contributed by atoms with E-state index in [4.69, 9.17) is 5.73 Å². The molecule has 3 N–H and O–H groups in total. The minimum absolute atomic E-state index is 0.184. The van der Waals surface area contributed by atoms with Crippen LogP contribution in [-0.2, 0) is 11.3 Å². The van der Waals surface area contributed by atoms with Crippen LogP contribution in [0.15, 0.2) is 5.38 Å². The Morgan fingerprint density at radius 1 is 1.61 bits per heavy atom. The molecule has 0 bridgehead atoms. The van der Waals surface area contributed by atoms with Crippen molar-refractivity contribution in [2.45, 2.75) is 13.5 Å². The first kappa shape index (κ1) is 12.8. The summed E-state index contributed by atoms with van der Waals surface area (Å²) in [6.45, 7) is 2.47. The van der Waals surface area contributed by atoms with Crippen molar-refractivity contribution in [3.05, 3.63) is 21.6 Å². The van der Waals surface area contributed by atoms with Gasteiger partial charge in [-0.3, -0.25) is 0 Å². The van der Waals surface area contributed by atoms with Crippen LogP contribution < -0.4 is 11.1 Å². The number of carbonyl (C=O) groups excluding carboxylic acids is 1. The Balaban J connectivity index is 2.12. The van der Waals surface area contributed by atoms with Gasteiger partial charge in [0.25, 0.3) is 0 Å². The highest BCUT2D eigenvalue weighted by Gasteiger charge is 2.19. The summed E-state index contributed by atoms with van der Waals surface area (Å²) in [5, 5.41) is 6.67. The largest absolute Gasteiger partial charge is 0.465 e. The number of rotatable bonds is 4. The minimum Gasteiger partial charge on any atom is -0.465 e. The second kappa shape index (κ2) is 5.32. The average molecular weight is 284 g/mol. The van der Waals surface area contributed by atoms with Gasteiger partial charge in [-0.1, -0.05) is 0 Å². The lowest BCUT2D eigenvalue weighted by Gasteiger charge is -2.03. The second-order valence-corrected chi connectivity index (χ2v) is 5.31. The Morgan fingerprint density at radius 3 is 3.00 bits per heavy atom. The van der Waals surface area contributed by atoms with Crippen LogP contribution >= 0.6 is 22.9 Å². The molecule has 0 spiro atoms. The molecule has 0 unspecified atom stereocenters. The van der Waals surface area contributed by atoms with E-state index in [-0.39, 0.29) is 11.4 Å². The van der Waals surface area contributed by atoms with Crippen LogP contribution in [0.5, 0.6) is 0 Å². The molecule has 6 nitrogen and oxygen atoms in total. The van der Waals surface area contributed by atoms with E-state index in [0.29, 0.717) is 11.5 Å². The van der Waals surface area contributed by atoms with E-state index >= 15 is 0 Å². The lowest BCUT2D eigenvalue weighted by atomic mass is 10.3. The second-order valence-electron chi connectivity index (χ2n) is 3.47. The summed E-state index contributed by atoms with van der Waals surface area (Å²) in [6.07, 6.45) is 0. The molecule has 2 heterocycles. The summed E-state index contributed by atoms with van der Waals surface area (Å²) in [4.78, 5) is 15.9. The van der Waals surface area contributed by atoms with Gasteiger partial charge in [-0.25, -0.2) is 9.78 Å². The Labute approximate surface area is 112 Å². The molecule has 0 aliphatic heterocycles. The maximum Gasteiger partial charge on any atom is 0.344 e. The molecule has 8 heteroatoms. The fourth-order valence-corrected chi connectivity index (χ4v) is 2.69. The first-order chi connectivity index (χ1) is 8.61. The van der Waals surface area contributed by atoms with Crippen molar-refractivity contribution >= 4 is 39.7 Å². The molecule has 0 amide bonds. The molecule has 0 aromatic carbocycles. The van der Waals surface area contributed by atoms with E-state index in [1.54, 1.807) is 11.3 Å². The molecular formula is C10H12N4O2S2. The van der Waals surface area contributed by atoms with Crippen LogP contribution in [0.4, 0.5) is 10.8 Å². The smallest absolute Gasteiger partial charge is 0.344 e. The van der Waals surface area contributed by atoms with E-state index in [1.807, 2.05) is 12.3 Å². The number of nitrogens with two attached hydrogens (primary N) is 1. The van der Waals surface area contributed by atoms with Gasteiger partial charge in [0.05, 0.1) is 24.4 Å². The number of nitrogen functional groups attached to an aromatic ring is 1. The zero-order valence-electron chi connectivity index (χ0n) is 9.89.